The summed E-state index contributed by atoms with van der Waals surface area (Å²) in [5.41, 5.74) is -0.627. The molecule has 0 bridgehead atoms. The molecule has 1 unspecified atom stereocenters. The second-order valence-corrected chi connectivity index (χ2v) is 5.50. The third kappa shape index (κ3) is 2.99. The van der Waals surface area contributed by atoms with Gasteiger partial charge < -0.3 is 19.9 Å². The summed E-state index contributed by atoms with van der Waals surface area (Å²) in [4.78, 5) is 12.5. The Morgan fingerprint density at radius 1 is 1.15 bits per heavy atom. The van der Waals surface area contributed by atoms with Crippen LogP contribution < -0.4 is 14.8 Å². The van der Waals surface area contributed by atoms with Crippen LogP contribution in [0.1, 0.15) is 10.4 Å². The predicted octanol–water partition coefficient (Wildman–Crippen LogP) is 3.52. The first-order chi connectivity index (χ1) is 12.3. The Hall–Kier alpha value is -3.00. The number of hydrogen-bond donors (Lipinski definition) is 2. The minimum atomic E-state index is -5.22. The van der Waals surface area contributed by atoms with Gasteiger partial charge in [0.1, 0.15) is 11.5 Å². The van der Waals surface area contributed by atoms with E-state index in [4.69, 9.17) is 9.47 Å². The summed E-state index contributed by atoms with van der Waals surface area (Å²) >= 11 is 0. The summed E-state index contributed by atoms with van der Waals surface area (Å²) in [5, 5.41) is 12.7. The van der Waals surface area contributed by atoms with Crippen LogP contribution in [0, 0.1) is 0 Å². The third-order valence-corrected chi connectivity index (χ3v) is 3.86. The van der Waals surface area contributed by atoms with Gasteiger partial charge in [0.05, 0.1) is 18.2 Å². The number of ether oxygens (including phenoxy) is 2. The molecule has 1 heterocycles. The summed E-state index contributed by atoms with van der Waals surface area (Å²) in [7, 11) is 1.48. The standard InChI is InChI=1S/C18H14F3NO4/c1-25-12-8-6-11(7-9-12)22-10-14-16(23)13-4-2-3-5-15(13)26-17(14,24)18(19,20)21/h2-10,22,24H,1H3/b14-10-. The molecule has 3 rings (SSSR count). The van der Waals surface area contributed by atoms with Crippen LogP contribution in [0.5, 0.6) is 11.5 Å². The van der Waals surface area contributed by atoms with Gasteiger partial charge in [-0.05, 0) is 36.4 Å². The van der Waals surface area contributed by atoms with E-state index < -0.39 is 23.3 Å². The first-order valence-electron chi connectivity index (χ1n) is 7.49. The van der Waals surface area contributed by atoms with Crippen molar-refractivity contribution in [2.24, 2.45) is 0 Å². The van der Waals surface area contributed by atoms with Crippen LogP contribution in [0.3, 0.4) is 0 Å². The van der Waals surface area contributed by atoms with Gasteiger partial charge in [0.15, 0.2) is 0 Å². The second-order valence-electron chi connectivity index (χ2n) is 5.50. The lowest BCUT2D eigenvalue weighted by Crippen LogP contribution is -2.56. The van der Waals surface area contributed by atoms with Gasteiger partial charge in [-0.15, -0.1) is 0 Å². The number of ketones is 1. The number of alkyl halides is 3. The Bertz CT molecular complexity index is 861. The van der Waals surface area contributed by atoms with Crippen LogP contribution in [0.15, 0.2) is 60.3 Å². The molecule has 2 aromatic rings. The van der Waals surface area contributed by atoms with Crippen LogP contribution in [0.2, 0.25) is 0 Å². The zero-order valence-electron chi connectivity index (χ0n) is 13.5. The van der Waals surface area contributed by atoms with Crippen molar-refractivity contribution < 1.29 is 32.5 Å². The van der Waals surface area contributed by atoms with Gasteiger partial charge >= 0.3 is 12.0 Å². The van der Waals surface area contributed by atoms with Gasteiger partial charge in [0, 0.05) is 11.9 Å². The van der Waals surface area contributed by atoms with E-state index in [2.05, 4.69) is 5.32 Å². The molecule has 136 valence electrons. The van der Waals surface area contributed by atoms with E-state index in [0.29, 0.717) is 11.4 Å². The van der Waals surface area contributed by atoms with Gasteiger partial charge in [0.2, 0.25) is 5.78 Å². The first kappa shape index (κ1) is 17.8. The number of aliphatic hydroxyl groups is 1. The lowest BCUT2D eigenvalue weighted by Gasteiger charge is -2.36. The Morgan fingerprint density at radius 3 is 2.42 bits per heavy atom. The Kier molecular flexibility index (Phi) is 4.37. The highest BCUT2D eigenvalue weighted by Crippen LogP contribution is 2.44. The number of para-hydroxylation sites is 1. The smallest absolute Gasteiger partial charge is 0.460 e. The molecule has 0 fully saturated rings. The molecule has 26 heavy (non-hydrogen) atoms. The molecular formula is C18H14F3NO4. The molecule has 0 saturated carbocycles. The molecule has 1 aliphatic rings. The van der Waals surface area contributed by atoms with Crippen LogP contribution in [-0.4, -0.2) is 30.0 Å². The number of hydrogen-bond acceptors (Lipinski definition) is 5. The lowest BCUT2D eigenvalue weighted by molar-refractivity contribution is -0.315. The second kappa shape index (κ2) is 6.38. The van der Waals surface area contributed by atoms with Crippen molar-refractivity contribution in [3.05, 3.63) is 65.9 Å². The third-order valence-electron chi connectivity index (χ3n) is 3.86. The molecule has 0 aromatic heterocycles. The number of Topliss-reactive ketones (excluding diaryl/α,β-unsaturated/α-hetero) is 1. The highest BCUT2D eigenvalue weighted by Gasteiger charge is 2.63. The van der Waals surface area contributed by atoms with Gasteiger partial charge in [-0.1, -0.05) is 12.1 Å². The van der Waals surface area contributed by atoms with E-state index in [-0.39, 0.29) is 11.3 Å². The molecule has 0 amide bonds. The summed E-state index contributed by atoms with van der Waals surface area (Å²) in [6.07, 6.45) is -4.42. The van der Waals surface area contributed by atoms with Gasteiger partial charge in [-0.25, -0.2) is 0 Å². The minimum absolute atomic E-state index is 0.0656. The number of carbonyl (C=O) groups is 1. The van der Waals surface area contributed by atoms with E-state index in [9.17, 15) is 23.1 Å². The number of carbonyl (C=O) groups excluding carboxylic acids is 1. The summed E-state index contributed by atoms with van der Waals surface area (Å²) < 4.78 is 50.1. The maximum absolute atomic E-state index is 13.5. The molecule has 2 aromatic carbocycles. The Morgan fingerprint density at radius 2 is 1.81 bits per heavy atom. The fourth-order valence-electron chi connectivity index (χ4n) is 2.47. The number of fused-ring (bicyclic) bond motifs is 1. The molecule has 0 spiro atoms. The fourth-order valence-corrected chi connectivity index (χ4v) is 2.47. The number of anilines is 1. The molecule has 0 saturated heterocycles. The van der Waals surface area contributed by atoms with Crippen molar-refractivity contribution in [2.75, 3.05) is 12.4 Å². The van der Waals surface area contributed by atoms with Crippen molar-refractivity contribution in [1.29, 1.82) is 0 Å². The number of rotatable bonds is 3. The van der Waals surface area contributed by atoms with Crippen molar-refractivity contribution in [2.45, 2.75) is 12.0 Å². The Labute approximate surface area is 146 Å². The van der Waals surface area contributed by atoms with Crippen molar-refractivity contribution >= 4 is 11.5 Å². The van der Waals surface area contributed by atoms with Crippen LogP contribution in [0.4, 0.5) is 18.9 Å². The topological polar surface area (TPSA) is 67.8 Å². The number of benzene rings is 2. The highest BCUT2D eigenvalue weighted by atomic mass is 19.4. The molecule has 8 heteroatoms. The van der Waals surface area contributed by atoms with Crippen LogP contribution >= 0.6 is 0 Å². The molecule has 2 N–H and O–H groups in total. The first-order valence-corrected chi connectivity index (χ1v) is 7.49. The van der Waals surface area contributed by atoms with Crippen molar-refractivity contribution in [3.63, 3.8) is 0 Å². The fraction of sp³-hybridized carbons (Fsp3) is 0.167. The monoisotopic (exact) mass is 365 g/mol. The van der Waals surface area contributed by atoms with E-state index in [0.717, 1.165) is 6.20 Å². The van der Waals surface area contributed by atoms with E-state index >= 15 is 0 Å². The number of halogens is 3. The van der Waals surface area contributed by atoms with E-state index in [1.807, 2.05) is 0 Å². The maximum atomic E-state index is 13.5. The van der Waals surface area contributed by atoms with E-state index in [1.165, 1.54) is 31.4 Å². The lowest BCUT2D eigenvalue weighted by atomic mass is 9.92. The Balaban J connectivity index is 2.01. The molecule has 0 radical (unpaired) electrons. The zero-order chi connectivity index (χ0) is 18.9. The molecular weight excluding hydrogens is 351 g/mol. The van der Waals surface area contributed by atoms with Gasteiger partial charge in [-0.2, -0.15) is 13.2 Å². The average molecular weight is 365 g/mol. The van der Waals surface area contributed by atoms with Crippen molar-refractivity contribution in [3.8, 4) is 11.5 Å². The van der Waals surface area contributed by atoms with Crippen molar-refractivity contribution in [1.82, 2.24) is 0 Å². The quantitative estimate of drug-likeness (QED) is 0.815. The van der Waals surface area contributed by atoms with Gasteiger partial charge in [0.25, 0.3) is 0 Å². The molecule has 1 atom stereocenters. The maximum Gasteiger partial charge on any atom is 0.460 e. The SMILES string of the molecule is COc1ccc(N/C=C2/C(=O)c3ccccc3OC2(O)C(F)(F)F)cc1. The minimum Gasteiger partial charge on any atom is -0.497 e. The largest absolute Gasteiger partial charge is 0.497 e. The summed E-state index contributed by atoms with van der Waals surface area (Å²) in [5.74, 6) is -4.51. The predicted molar refractivity (Wildman–Crippen MR) is 87.1 cm³/mol. The van der Waals surface area contributed by atoms with E-state index in [1.54, 1.807) is 24.3 Å². The summed E-state index contributed by atoms with van der Waals surface area (Å²) in [6.45, 7) is 0. The van der Waals surface area contributed by atoms with Gasteiger partial charge in [-0.3, -0.25) is 4.79 Å². The molecule has 0 aliphatic carbocycles. The normalized spacial score (nSPS) is 21.1. The summed E-state index contributed by atoms with van der Waals surface area (Å²) in [6, 6.07) is 11.7. The van der Waals surface area contributed by atoms with Crippen LogP contribution in [-0.2, 0) is 0 Å². The zero-order valence-corrected chi connectivity index (χ0v) is 13.5. The molecule has 1 aliphatic heterocycles. The number of methoxy groups -OCH3 is 1. The number of nitrogens with one attached hydrogen (secondary N) is 1. The average Bonchev–Trinajstić information content (AvgIpc) is 2.61. The highest BCUT2D eigenvalue weighted by molar-refractivity contribution is 6.12. The molecule has 5 nitrogen and oxygen atoms in total. The van der Waals surface area contributed by atoms with Crippen LogP contribution in [0.25, 0.3) is 0 Å².